The Bertz CT molecular complexity index is 560. The van der Waals surface area contributed by atoms with E-state index in [2.05, 4.69) is 4.72 Å². The van der Waals surface area contributed by atoms with Gasteiger partial charge >= 0.3 is 0 Å². The van der Waals surface area contributed by atoms with Crippen LogP contribution in [0.25, 0.3) is 0 Å². The van der Waals surface area contributed by atoms with Gasteiger partial charge in [0, 0.05) is 18.7 Å². The monoisotopic (exact) mass is 269 g/mol. The molecule has 0 radical (unpaired) electrons. The van der Waals surface area contributed by atoms with Crippen LogP contribution in [0.5, 0.6) is 0 Å². The summed E-state index contributed by atoms with van der Waals surface area (Å²) < 4.78 is 24.5. The molecule has 0 aliphatic rings. The van der Waals surface area contributed by atoms with Crippen LogP contribution in [0.2, 0.25) is 0 Å². The molecule has 8 heteroatoms. The van der Waals surface area contributed by atoms with E-state index in [1.807, 2.05) is 0 Å². The summed E-state index contributed by atoms with van der Waals surface area (Å²) >= 11 is 0. The normalized spacial score (nSPS) is 10.8. The second-order valence-electron chi connectivity index (χ2n) is 3.49. The van der Waals surface area contributed by atoms with Crippen molar-refractivity contribution < 1.29 is 13.3 Å². The van der Waals surface area contributed by atoms with Crippen molar-refractivity contribution in [3.63, 3.8) is 0 Å². The van der Waals surface area contributed by atoms with E-state index in [1.165, 1.54) is 12.1 Å². The molecule has 7 nitrogen and oxygen atoms in total. The van der Waals surface area contributed by atoms with Crippen LogP contribution in [0.15, 0.2) is 24.3 Å². The molecule has 1 aromatic rings. The fourth-order valence-electron chi connectivity index (χ4n) is 1.27. The highest BCUT2D eigenvalue weighted by molar-refractivity contribution is 7.89. The average Bonchev–Trinajstić information content (AvgIpc) is 2.29. The molecule has 0 saturated carbocycles. The van der Waals surface area contributed by atoms with Gasteiger partial charge in [-0.3, -0.25) is 10.1 Å². The summed E-state index contributed by atoms with van der Waals surface area (Å²) in [6, 6.07) is 7.40. The van der Waals surface area contributed by atoms with Crippen molar-refractivity contribution in [3.8, 4) is 6.07 Å². The molecule has 18 heavy (non-hydrogen) atoms. The summed E-state index contributed by atoms with van der Waals surface area (Å²) in [6.45, 7) is 0.155. The number of nitro benzene ring substituents is 1. The molecule has 0 spiro atoms. The molecule has 0 aliphatic heterocycles. The van der Waals surface area contributed by atoms with E-state index in [1.54, 1.807) is 18.2 Å². The number of hydrogen-bond donors (Lipinski definition) is 1. The molecule has 1 rings (SSSR count). The second kappa shape index (κ2) is 6.09. The van der Waals surface area contributed by atoms with E-state index in [-0.39, 0.29) is 12.2 Å². The number of benzene rings is 1. The molecule has 0 aliphatic carbocycles. The van der Waals surface area contributed by atoms with E-state index < -0.39 is 20.7 Å². The number of nitrogens with one attached hydrogen (secondary N) is 1. The first kappa shape index (κ1) is 14.1. The van der Waals surface area contributed by atoms with Crippen LogP contribution < -0.4 is 4.72 Å². The number of non-ortho nitro benzene ring substituents is 1. The van der Waals surface area contributed by atoms with Gasteiger partial charge in [-0.1, -0.05) is 12.1 Å². The first-order valence-electron chi connectivity index (χ1n) is 5.02. The number of rotatable bonds is 6. The molecule has 0 aromatic heterocycles. The fourth-order valence-corrected chi connectivity index (χ4v) is 1.96. The number of nitriles is 1. The Morgan fingerprint density at radius 2 is 1.94 bits per heavy atom. The summed E-state index contributed by atoms with van der Waals surface area (Å²) in [4.78, 5) is 9.91. The quantitative estimate of drug-likeness (QED) is 0.599. The van der Waals surface area contributed by atoms with Crippen molar-refractivity contribution in [2.24, 2.45) is 0 Å². The minimum Gasteiger partial charge on any atom is -0.258 e. The van der Waals surface area contributed by atoms with E-state index in [9.17, 15) is 18.5 Å². The zero-order chi connectivity index (χ0) is 13.6. The molecule has 0 saturated heterocycles. The van der Waals surface area contributed by atoms with E-state index in [0.29, 0.717) is 6.42 Å². The molecule has 0 amide bonds. The first-order valence-corrected chi connectivity index (χ1v) is 6.67. The SMILES string of the molecule is N#CCS(=O)(=O)NCCc1ccc([N+](=O)[O-])cc1. The van der Waals surface area contributed by atoms with Crippen molar-refractivity contribution in [2.45, 2.75) is 6.42 Å². The van der Waals surface area contributed by atoms with E-state index in [0.717, 1.165) is 5.56 Å². The first-order chi connectivity index (χ1) is 8.44. The van der Waals surface area contributed by atoms with Crippen LogP contribution in [0.4, 0.5) is 5.69 Å². The highest BCUT2D eigenvalue weighted by Crippen LogP contribution is 2.11. The molecule has 0 heterocycles. The zero-order valence-electron chi connectivity index (χ0n) is 9.37. The Kier molecular flexibility index (Phi) is 4.76. The lowest BCUT2D eigenvalue weighted by Crippen LogP contribution is -2.27. The van der Waals surface area contributed by atoms with E-state index in [4.69, 9.17) is 5.26 Å². The van der Waals surface area contributed by atoms with Gasteiger partial charge in [0.05, 0.1) is 11.0 Å². The lowest BCUT2D eigenvalue weighted by molar-refractivity contribution is -0.384. The molecular formula is C10H11N3O4S. The van der Waals surface area contributed by atoms with Gasteiger partial charge in [-0.15, -0.1) is 0 Å². The Morgan fingerprint density at radius 1 is 1.33 bits per heavy atom. The van der Waals surface area contributed by atoms with Crippen LogP contribution in [-0.4, -0.2) is 25.6 Å². The number of hydrogen-bond acceptors (Lipinski definition) is 5. The van der Waals surface area contributed by atoms with E-state index >= 15 is 0 Å². The van der Waals surface area contributed by atoms with Gasteiger partial charge in [-0.05, 0) is 12.0 Å². The Hall–Kier alpha value is -1.98. The summed E-state index contributed by atoms with van der Waals surface area (Å²) in [5.74, 6) is -0.576. The van der Waals surface area contributed by atoms with Crippen LogP contribution in [0.3, 0.4) is 0 Å². The number of nitro groups is 1. The van der Waals surface area contributed by atoms with Gasteiger partial charge in [0.15, 0.2) is 5.75 Å². The van der Waals surface area contributed by atoms with Crippen LogP contribution >= 0.6 is 0 Å². The Balaban J connectivity index is 2.50. The van der Waals surface area contributed by atoms with Gasteiger partial charge in [0.25, 0.3) is 5.69 Å². The Morgan fingerprint density at radius 3 is 2.44 bits per heavy atom. The fraction of sp³-hybridized carbons (Fsp3) is 0.300. The van der Waals surface area contributed by atoms with Crippen molar-refractivity contribution in [2.75, 3.05) is 12.3 Å². The van der Waals surface area contributed by atoms with Crippen LogP contribution in [-0.2, 0) is 16.4 Å². The summed E-state index contributed by atoms with van der Waals surface area (Å²) in [5.41, 5.74) is 0.768. The number of nitrogens with zero attached hydrogens (tertiary/aromatic N) is 2. The largest absolute Gasteiger partial charge is 0.269 e. The molecule has 0 bridgehead atoms. The lowest BCUT2D eigenvalue weighted by Gasteiger charge is -2.03. The van der Waals surface area contributed by atoms with Crippen LogP contribution in [0, 0.1) is 21.4 Å². The zero-order valence-corrected chi connectivity index (χ0v) is 10.2. The maximum Gasteiger partial charge on any atom is 0.269 e. The summed E-state index contributed by atoms with van der Waals surface area (Å²) in [5, 5.41) is 18.7. The summed E-state index contributed by atoms with van der Waals surface area (Å²) in [6.07, 6.45) is 0.405. The minimum absolute atomic E-state index is 0.0104. The highest BCUT2D eigenvalue weighted by Gasteiger charge is 2.08. The van der Waals surface area contributed by atoms with Crippen molar-refractivity contribution in [1.29, 1.82) is 5.26 Å². The molecule has 0 unspecified atom stereocenters. The molecule has 0 fully saturated rings. The maximum absolute atomic E-state index is 11.1. The molecule has 1 aromatic carbocycles. The predicted molar refractivity (Wildman–Crippen MR) is 64.2 cm³/mol. The van der Waals surface area contributed by atoms with Gasteiger partial charge in [0.1, 0.15) is 0 Å². The van der Waals surface area contributed by atoms with Crippen LogP contribution in [0.1, 0.15) is 5.56 Å². The third-order valence-corrected chi connectivity index (χ3v) is 3.29. The summed E-state index contributed by atoms with van der Waals surface area (Å²) in [7, 11) is -3.54. The van der Waals surface area contributed by atoms with Crippen molar-refractivity contribution >= 4 is 15.7 Å². The van der Waals surface area contributed by atoms with Gasteiger partial charge in [-0.2, -0.15) is 5.26 Å². The molecule has 96 valence electrons. The lowest BCUT2D eigenvalue weighted by atomic mass is 10.1. The smallest absolute Gasteiger partial charge is 0.258 e. The third kappa shape index (κ3) is 4.48. The standard InChI is InChI=1S/C10H11N3O4S/c11-6-8-18(16,17)12-7-5-9-1-3-10(4-2-9)13(14)15/h1-4,12H,5,7-8H2. The van der Waals surface area contributed by atoms with Gasteiger partial charge in [-0.25, -0.2) is 13.1 Å². The average molecular weight is 269 g/mol. The Labute approximate surface area is 104 Å². The van der Waals surface area contributed by atoms with Crippen molar-refractivity contribution in [3.05, 3.63) is 39.9 Å². The van der Waals surface area contributed by atoms with Gasteiger partial charge < -0.3 is 0 Å². The minimum atomic E-state index is -3.54. The molecule has 0 atom stereocenters. The van der Waals surface area contributed by atoms with Crippen molar-refractivity contribution in [1.82, 2.24) is 4.72 Å². The maximum atomic E-state index is 11.1. The third-order valence-electron chi connectivity index (χ3n) is 2.14. The number of sulfonamides is 1. The second-order valence-corrected chi connectivity index (χ2v) is 5.29. The molecular weight excluding hydrogens is 258 g/mol. The topological polar surface area (TPSA) is 113 Å². The highest BCUT2D eigenvalue weighted by atomic mass is 32.2. The van der Waals surface area contributed by atoms with Gasteiger partial charge in [0.2, 0.25) is 10.0 Å². The molecule has 1 N–H and O–H groups in total. The predicted octanol–water partition coefficient (Wildman–Crippen LogP) is 0.580.